The fourth-order valence-corrected chi connectivity index (χ4v) is 1.03. The molecule has 0 fully saturated rings. The van der Waals surface area contributed by atoms with Crippen molar-refractivity contribution in [2.75, 3.05) is 14.1 Å². The molecule has 0 bridgehead atoms. The standard InChI is InChI=1S/C11H14N2O/c1-9-4-6-12-8-10(9)11(14)5-7-13(2)3/h4-8H,1-3H3. The van der Waals surface area contributed by atoms with Crippen LogP contribution in [0.2, 0.25) is 0 Å². The number of hydrogen-bond donors (Lipinski definition) is 0. The van der Waals surface area contributed by atoms with Crippen LogP contribution < -0.4 is 0 Å². The van der Waals surface area contributed by atoms with Crippen molar-refractivity contribution in [3.8, 4) is 0 Å². The van der Waals surface area contributed by atoms with Gasteiger partial charge in [-0.1, -0.05) is 0 Å². The molecule has 0 atom stereocenters. The van der Waals surface area contributed by atoms with Gasteiger partial charge in [0, 0.05) is 44.3 Å². The Morgan fingerprint density at radius 3 is 2.79 bits per heavy atom. The van der Waals surface area contributed by atoms with Crippen LogP contribution in [0.3, 0.4) is 0 Å². The van der Waals surface area contributed by atoms with E-state index in [1.807, 2.05) is 32.0 Å². The maximum Gasteiger partial charge on any atom is 0.189 e. The maximum atomic E-state index is 11.6. The van der Waals surface area contributed by atoms with E-state index in [1.54, 1.807) is 24.7 Å². The number of rotatable bonds is 3. The van der Waals surface area contributed by atoms with E-state index in [0.29, 0.717) is 5.56 Å². The molecule has 0 aliphatic carbocycles. The topological polar surface area (TPSA) is 33.2 Å². The van der Waals surface area contributed by atoms with Crippen LogP contribution in [0.15, 0.2) is 30.7 Å². The molecule has 0 amide bonds. The van der Waals surface area contributed by atoms with E-state index < -0.39 is 0 Å². The van der Waals surface area contributed by atoms with Crippen LogP contribution in [-0.2, 0) is 0 Å². The van der Waals surface area contributed by atoms with E-state index in [-0.39, 0.29) is 5.78 Å². The van der Waals surface area contributed by atoms with Crippen LogP contribution in [0.5, 0.6) is 0 Å². The Balaban J connectivity index is 2.85. The number of nitrogens with zero attached hydrogens (tertiary/aromatic N) is 2. The van der Waals surface area contributed by atoms with E-state index in [1.165, 1.54) is 0 Å². The van der Waals surface area contributed by atoms with E-state index in [2.05, 4.69) is 4.98 Å². The molecule has 0 saturated heterocycles. The van der Waals surface area contributed by atoms with E-state index in [9.17, 15) is 4.79 Å². The molecule has 1 aromatic heterocycles. The van der Waals surface area contributed by atoms with Crippen molar-refractivity contribution in [1.82, 2.24) is 9.88 Å². The molecule has 14 heavy (non-hydrogen) atoms. The minimum Gasteiger partial charge on any atom is -0.383 e. The Kier molecular flexibility index (Phi) is 3.40. The van der Waals surface area contributed by atoms with Crippen LogP contribution in [0.1, 0.15) is 15.9 Å². The Morgan fingerprint density at radius 2 is 2.21 bits per heavy atom. The summed E-state index contributed by atoms with van der Waals surface area (Å²) in [5.41, 5.74) is 1.61. The fourth-order valence-electron chi connectivity index (χ4n) is 1.03. The summed E-state index contributed by atoms with van der Waals surface area (Å²) in [5, 5.41) is 0. The summed E-state index contributed by atoms with van der Waals surface area (Å²) in [4.78, 5) is 17.4. The van der Waals surface area contributed by atoms with E-state index in [0.717, 1.165) is 5.56 Å². The highest BCUT2D eigenvalue weighted by Gasteiger charge is 2.04. The summed E-state index contributed by atoms with van der Waals surface area (Å²) < 4.78 is 0. The normalized spacial score (nSPS) is 10.5. The highest BCUT2D eigenvalue weighted by molar-refractivity contribution is 6.05. The van der Waals surface area contributed by atoms with Crippen molar-refractivity contribution < 1.29 is 4.79 Å². The van der Waals surface area contributed by atoms with Gasteiger partial charge in [-0.2, -0.15) is 0 Å². The third-order valence-electron chi connectivity index (χ3n) is 1.83. The fraction of sp³-hybridized carbons (Fsp3) is 0.273. The number of allylic oxidation sites excluding steroid dienone is 1. The smallest absolute Gasteiger partial charge is 0.189 e. The summed E-state index contributed by atoms with van der Waals surface area (Å²) in [5.74, 6) is -0.00991. The van der Waals surface area contributed by atoms with Gasteiger partial charge >= 0.3 is 0 Å². The molecule has 0 aromatic carbocycles. The molecular formula is C11H14N2O. The summed E-state index contributed by atoms with van der Waals surface area (Å²) in [7, 11) is 3.75. The molecule has 74 valence electrons. The molecule has 1 heterocycles. The number of ketones is 1. The Morgan fingerprint density at radius 1 is 1.50 bits per heavy atom. The van der Waals surface area contributed by atoms with Gasteiger partial charge in [0.15, 0.2) is 5.78 Å². The van der Waals surface area contributed by atoms with Crippen molar-refractivity contribution in [1.29, 1.82) is 0 Å². The largest absolute Gasteiger partial charge is 0.383 e. The van der Waals surface area contributed by atoms with Gasteiger partial charge in [0.05, 0.1) is 0 Å². The average molecular weight is 190 g/mol. The highest BCUT2D eigenvalue weighted by Crippen LogP contribution is 2.06. The van der Waals surface area contributed by atoms with Gasteiger partial charge in [0.2, 0.25) is 0 Å². The zero-order valence-electron chi connectivity index (χ0n) is 8.69. The summed E-state index contributed by atoms with van der Waals surface area (Å²) in [6, 6.07) is 1.83. The van der Waals surface area contributed by atoms with Gasteiger partial charge in [-0.15, -0.1) is 0 Å². The Labute approximate surface area is 84.1 Å². The maximum absolute atomic E-state index is 11.6. The van der Waals surface area contributed by atoms with Gasteiger partial charge < -0.3 is 4.90 Å². The van der Waals surface area contributed by atoms with E-state index in [4.69, 9.17) is 0 Å². The Hall–Kier alpha value is -1.64. The molecule has 0 radical (unpaired) electrons. The van der Waals surface area contributed by atoms with Crippen LogP contribution in [0.4, 0.5) is 0 Å². The second kappa shape index (κ2) is 4.56. The number of carbonyl (C=O) groups excluding carboxylic acids is 1. The molecule has 1 rings (SSSR count). The van der Waals surface area contributed by atoms with Gasteiger partial charge in [0.1, 0.15) is 0 Å². The molecule has 0 spiro atoms. The predicted molar refractivity (Wildman–Crippen MR) is 56.1 cm³/mol. The minimum atomic E-state index is -0.00991. The van der Waals surface area contributed by atoms with Gasteiger partial charge in [0.25, 0.3) is 0 Å². The molecule has 3 heteroatoms. The Bertz CT molecular complexity index is 356. The predicted octanol–water partition coefficient (Wildman–Crippen LogP) is 1.65. The molecule has 0 N–H and O–H groups in total. The highest BCUT2D eigenvalue weighted by atomic mass is 16.1. The quantitative estimate of drug-likeness (QED) is 0.536. The first-order valence-corrected chi connectivity index (χ1v) is 4.41. The lowest BCUT2D eigenvalue weighted by Gasteiger charge is -2.03. The van der Waals surface area contributed by atoms with Gasteiger partial charge in [-0.3, -0.25) is 9.78 Å². The molecule has 0 aliphatic heterocycles. The second-order valence-corrected chi connectivity index (χ2v) is 3.33. The van der Waals surface area contributed by atoms with Crippen molar-refractivity contribution in [2.45, 2.75) is 6.92 Å². The first-order chi connectivity index (χ1) is 6.61. The number of aryl methyl sites for hydroxylation is 1. The van der Waals surface area contributed by atoms with Crippen LogP contribution in [0, 0.1) is 6.92 Å². The number of aromatic nitrogens is 1. The lowest BCUT2D eigenvalue weighted by atomic mass is 10.1. The van der Waals surface area contributed by atoms with Gasteiger partial charge in [-0.05, 0) is 18.6 Å². The number of carbonyl (C=O) groups is 1. The van der Waals surface area contributed by atoms with Crippen molar-refractivity contribution in [2.24, 2.45) is 0 Å². The first-order valence-electron chi connectivity index (χ1n) is 4.41. The molecule has 3 nitrogen and oxygen atoms in total. The van der Waals surface area contributed by atoms with Gasteiger partial charge in [-0.25, -0.2) is 0 Å². The third-order valence-corrected chi connectivity index (χ3v) is 1.83. The lowest BCUT2D eigenvalue weighted by molar-refractivity contribution is 0.104. The zero-order valence-corrected chi connectivity index (χ0v) is 8.69. The molecule has 0 saturated carbocycles. The average Bonchev–Trinajstić information content (AvgIpc) is 2.15. The number of hydrogen-bond acceptors (Lipinski definition) is 3. The zero-order chi connectivity index (χ0) is 10.6. The summed E-state index contributed by atoms with van der Waals surface area (Å²) in [6.45, 7) is 1.90. The third kappa shape index (κ3) is 2.69. The summed E-state index contributed by atoms with van der Waals surface area (Å²) >= 11 is 0. The molecular weight excluding hydrogens is 176 g/mol. The van der Waals surface area contributed by atoms with Crippen molar-refractivity contribution >= 4 is 5.78 Å². The van der Waals surface area contributed by atoms with Crippen LogP contribution in [-0.4, -0.2) is 29.8 Å². The van der Waals surface area contributed by atoms with E-state index >= 15 is 0 Å². The second-order valence-electron chi connectivity index (χ2n) is 3.33. The molecule has 1 aromatic rings. The molecule has 0 aliphatic rings. The monoisotopic (exact) mass is 190 g/mol. The van der Waals surface area contributed by atoms with Crippen molar-refractivity contribution in [3.05, 3.63) is 41.9 Å². The minimum absolute atomic E-state index is 0.00991. The SMILES string of the molecule is Cc1ccncc1C(=O)C=CN(C)C. The first kappa shape index (κ1) is 10.4. The van der Waals surface area contributed by atoms with Crippen LogP contribution >= 0.6 is 0 Å². The number of pyridine rings is 1. The van der Waals surface area contributed by atoms with Crippen LogP contribution in [0.25, 0.3) is 0 Å². The van der Waals surface area contributed by atoms with Crippen molar-refractivity contribution in [3.63, 3.8) is 0 Å². The lowest BCUT2D eigenvalue weighted by Crippen LogP contribution is -2.04. The molecule has 0 unspecified atom stereocenters. The summed E-state index contributed by atoms with van der Waals surface area (Å²) in [6.07, 6.45) is 6.55.